The Kier molecular flexibility index (Phi) is 29.9. The Bertz CT molecular complexity index is 621. The van der Waals surface area contributed by atoms with Crippen molar-refractivity contribution in [1.29, 1.82) is 0 Å². The van der Waals surface area contributed by atoms with Crippen LogP contribution >= 0.6 is 68.3 Å². The summed E-state index contributed by atoms with van der Waals surface area (Å²) in [4.78, 5) is 0. The van der Waals surface area contributed by atoms with E-state index in [9.17, 15) is 0 Å². The molecule has 0 heterocycles. The Labute approximate surface area is 268 Å². The maximum absolute atomic E-state index is 5.55. The molecule has 0 saturated carbocycles. The number of hydrogen-bond acceptors (Lipinski definition) is 16. The summed E-state index contributed by atoms with van der Waals surface area (Å²) in [7, 11) is 0. The highest BCUT2D eigenvalue weighted by atomic mass is 33.0. The third-order valence-corrected chi connectivity index (χ3v) is 27.1. The van der Waals surface area contributed by atoms with Crippen LogP contribution in [0.5, 0.6) is 0 Å². The zero-order chi connectivity index (χ0) is 29.6. The molecule has 0 fully saturated rings. The van der Waals surface area contributed by atoms with Crippen LogP contribution in [-0.2, 0) is 83.4 Å². The highest BCUT2D eigenvalue weighted by molar-refractivity contribution is 8.77. The largest absolute Gasteiger partial charge is 0.322 e. The van der Waals surface area contributed by atoms with Gasteiger partial charge in [-0.05, 0) is 103 Å². The Morgan fingerprint density at radius 1 is 0.342 bits per heavy atom. The van der Waals surface area contributed by atoms with E-state index in [1.165, 1.54) is 45.5 Å². The molecule has 0 rings (SSSR count). The predicted molar refractivity (Wildman–Crippen MR) is 190 cm³/mol. The molecule has 8 nitrogen and oxygen atoms in total. The topological polar surface area (TPSA) is 73.8 Å². The van der Waals surface area contributed by atoms with Crippen LogP contribution < -0.4 is 0 Å². The van der Waals surface area contributed by atoms with Gasteiger partial charge in [0.1, 0.15) is 0 Å². The second-order valence-corrected chi connectivity index (χ2v) is 31.9. The van der Waals surface area contributed by atoms with Crippen LogP contribution in [0, 0.1) is 0 Å². The summed E-state index contributed by atoms with van der Waals surface area (Å²) in [5.41, 5.74) is -9.01. The van der Waals surface area contributed by atoms with Gasteiger partial charge >= 0.3 is 0 Å². The van der Waals surface area contributed by atoms with E-state index in [0.29, 0.717) is 63.0 Å². The van der Waals surface area contributed by atoms with Gasteiger partial charge in [0.25, 0.3) is 0 Å². The summed E-state index contributed by atoms with van der Waals surface area (Å²) in [6.45, 7) is 19.8. The normalized spacial score (nSPS) is 12.8. The maximum atomic E-state index is 5.55. The molecule has 20 heteroatoms. The van der Waals surface area contributed by atoms with Gasteiger partial charge < -0.3 is 36.2 Å². The van der Waals surface area contributed by atoms with Gasteiger partial charge in [-0.2, -0.15) is 0 Å². The first kappa shape index (κ1) is 43.8. The second-order valence-electron chi connectivity index (χ2n) is 5.88. The van der Waals surface area contributed by atoms with Crippen molar-refractivity contribution in [3.63, 3.8) is 0 Å². The zero-order valence-corrected chi connectivity index (χ0v) is 33.5. The van der Waals surface area contributed by atoms with E-state index in [1.54, 1.807) is 0 Å². The van der Waals surface area contributed by atoms with Crippen molar-refractivity contribution in [2.24, 2.45) is 0 Å². The van der Waals surface area contributed by atoms with Crippen molar-refractivity contribution in [2.45, 2.75) is 55.4 Å². The minimum atomic E-state index is -2.25. The Balaban J connectivity index is 0. The van der Waals surface area contributed by atoms with E-state index in [1.807, 2.05) is 55.4 Å². The molecule has 0 radical (unpaired) electrons. The summed E-state index contributed by atoms with van der Waals surface area (Å²) in [6, 6.07) is 0. The molecule has 0 aliphatic heterocycles. The van der Waals surface area contributed by atoms with Crippen molar-refractivity contribution in [2.75, 3.05) is 63.0 Å². The van der Waals surface area contributed by atoms with Gasteiger partial charge in [0.15, 0.2) is 0 Å². The standard InChI is InChI=1S/2C9H22O4P2S4/c2*1-5-10-14(16,11-6-2)18-9-19-15(17,12-7-3)13-8-4/h2*5-9H2,1-4H3. The molecule has 0 spiro atoms. The van der Waals surface area contributed by atoms with E-state index in [4.69, 9.17) is 83.4 Å². The second kappa shape index (κ2) is 26.0. The van der Waals surface area contributed by atoms with Crippen molar-refractivity contribution in [3.05, 3.63) is 0 Å². The van der Waals surface area contributed by atoms with E-state index >= 15 is 0 Å². The molecule has 0 atom stereocenters. The summed E-state index contributed by atoms with van der Waals surface area (Å²) in [5.74, 6) is 0. The Morgan fingerprint density at radius 2 is 0.474 bits per heavy atom. The van der Waals surface area contributed by atoms with Crippen LogP contribution in [0.1, 0.15) is 55.4 Å². The van der Waals surface area contributed by atoms with E-state index in [-0.39, 0.29) is 0 Å². The van der Waals surface area contributed by atoms with Gasteiger partial charge in [-0.25, -0.2) is 0 Å². The molecule has 0 aromatic heterocycles. The highest BCUT2D eigenvalue weighted by Gasteiger charge is 2.25. The Hall–Kier alpha value is 3.68. The minimum absolute atomic E-state index is 0.556. The number of hydrogen-bond donors (Lipinski definition) is 0. The van der Waals surface area contributed by atoms with Gasteiger partial charge in [-0.15, -0.1) is 0 Å². The number of rotatable bonds is 24. The van der Waals surface area contributed by atoms with Gasteiger partial charge in [0.05, 0.1) is 63.0 Å². The maximum Gasteiger partial charge on any atom is 0.248 e. The molecule has 0 aromatic carbocycles. The fraction of sp³-hybridized carbons (Fsp3) is 1.00. The minimum Gasteiger partial charge on any atom is -0.322 e. The fourth-order valence-corrected chi connectivity index (χ4v) is 27.4. The lowest BCUT2D eigenvalue weighted by Crippen LogP contribution is -1.94. The van der Waals surface area contributed by atoms with Gasteiger partial charge in [-0.1, -0.05) is 45.5 Å². The first-order chi connectivity index (χ1) is 17.9. The Morgan fingerprint density at radius 3 is 0.579 bits per heavy atom. The molecule has 0 aliphatic carbocycles. The van der Waals surface area contributed by atoms with Crippen molar-refractivity contribution < 1.29 is 36.2 Å². The van der Waals surface area contributed by atoms with Gasteiger partial charge in [-0.3, -0.25) is 0 Å². The molecular formula is C18H44O8P4S8. The molecule has 0 bridgehead atoms. The summed E-state index contributed by atoms with van der Waals surface area (Å²) >= 11 is 27.7. The summed E-state index contributed by atoms with van der Waals surface area (Å²) in [6.07, 6.45) is 0. The average Bonchev–Trinajstić information content (AvgIpc) is 2.80. The molecule has 38 heavy (non-hydrogen) atoms. The van der Waals surface area contributed by atoms with Crippen LogP contribution in [0.2, 0.25) is 0 Å². The van der Waals surface area contributed by atoms with Gasteiger partial charge in [0.2, 0.25) is 22.8 Å². The van der Waals surface area contributed by atoms with Crippen LogP contribution in [0.4, 0.5) is 0 Å². The predicted octanol–water partition coefficient (Wildman–Crippen LogP) is 10.0. The molecule has 0 saturated heterocycles. The van der Waals surface area contributed by atoms with Crippen molar-refractivity contribution >= 4 is 116 Å². The lowest BCUT2D eigenvalue weighted by Gasteiger charge is -2.23. The first-order valence-corrected chi connectivity index (χ1v) is 29.0. The van der Waals surface area contributed by atoms with Crippen LogP contribution in [0.25, 0.3) is 0 Å². The van der Waals surface area contributed by atoms with E-state index in [0.717, 1.165) is 0 Å². The fourth-order valence-electron chi connectivity index (χ4n) is 2.02. The molecule has 0 N–H and O–H groups in total. The molecular weight excluding hydrogens is 725 g/mol. The van der Waals surface area contributed by atoms with Crippen molar-refractivity contribution in [1.82, 2.24) is 0 Å². The monoisotopic (exact) mass is 768 g/mol. The molecule has 0 unspecified atom stereocenters. The van der Waals surface area contributed by atoms with Crippen LogP contribution in [-0.4, -0.2) is 63.0 Å². The third-order valence-electron chi connectivity index (χ3n) is 3.14. The van der Waals surface area contributed by atoms with Crippen LogP contribution in [0.3, 0.4) is 0 Å². The molecule has 232 valence electrons. The van der Waals surface area contributed by atoms with E-state index < -0.39 is 22.8 Å². The SMILES string of the molecule is CCOP(=S)(OCC)SCSP(=S)(OCC)OCC.CCOP(=S)(OCC)SCSP(=S)(OCC)OCC. The molecule has 0 amide bonds. The van der Waals surface area contributed by atoms with Gasteiger partial charge in [0, 0.05) is 0 Å². The lowest BCUT2D eigenvalue weighted by molar-refractivity contribution is 0.280. The third kappa shape index (κ3) is 22.2. The molecule has 0 aliphatic rings. The first-order valence-electron chi connectivity index (χ1n) is 12.0. The van der Waals surface area contributed by atoms with Crippen molar-refractivity contribution in [3.8, 4) is 0 Å². The van der Waals surface area contributed by atoms with Crippen LogP contribution in [0.15, 0.2) is 0 Å². The van der Waals surface area contributed by atoms with E-state index in [2.05, 4.69) is 0 Å². The quantitative estimate of drug-likeness (QED) is 0.0690. The highest BCUT2D eigenvalue weighted by Crippen LogP contribution is 2.69. The average molecular weight is 769 g/mol. The smallest absolute Gasteiger partial charge is 0.248 e. The summed E-state index contributed by atoms with van der Waals surface area (Å²) < 4.78 is 44.4. The lowest BCUT2D eigenvalue weighted by atomic mass is 10.9. The summed E-state index contributed by atoms with van der Waals surface area (Å²) in [5, 5.41) is 1.32. The zero-order valence-electron chi connectivity index (χ0n) is 23.4. The molecule has 0 aromatic rings.